The molecule has 0 atom stereocenters. The molecule has 0 bridgehead atoms. The number of nitrogens with zero attached hydrogens (tertiary/aromatic N) is 2. The standard InChI is InChI=1S/C29H37FN2O5S/c1-5-36-18-7-17-32(38(34,35)27-15-11-24(12-16-27)29(2,3)4)22-28(33)31(21-26-8-6-19-37-26)20-23-9-13-25(30)14-10-23/h6,8-16,19H,5,7,17-18,20-22H2,1-4H3. The van der Waals surface area contributed by atoms with E-state index in [0.29, 0.717) is 25.4 Å². The summed E-state index contributed by atoms with van der Waals surface area (Å²) >= 11 is 0. The molecule has 1 heterocycles. The summed E-state index contributed by atoms with van der Waals surface area (Å²) in [7, 11) is -3.96. The van der Waals surface area contributed by atoms with Crippen molar-refractivity contribution in [1.82, 2.24) is 9.21 Å². The first-order valence-corrected chi connectivity index (χ1v) is 14.2. The largest absolute Gasteiger partial charge is 0.467 e. The summed E-state index contributed by atoms with van der Waals surface area (Å²) < 4.78 is 52.9. The number of rotatable bonds is 13. The van der Waals surface area contributed by atoms with Crippen molar-refractivity contribution in [2.24, 2.45) is 0 Å². The third kappa shape index (κ3) is 8.24. The van der Waals surface area contributed by atoms with E-state index in [0.717, 1.165) is 11.1 Å². The van der Waals surface area contributed by atoms with Crippen molar-refractivity contribution in [3.05, 3.63) is 89.6 Å². The van der Waals surface area contributed by atoms with Crippen molar-refractivity contribution in [3.63, 3.8) is 0 Å². The Hall–Kier alpha value is -3.01. The Morgan fingerprint density at radius 2 is 1.68 bits per heavy atom. The van der Waals surface area contributed by atoms with Gasteiger partial charge in [0.25, 0.3) is 0 Å². The van der Waals surface area contributed by atoms with Crippen LogP contribution in [0.25, 0.3) is 0 Å². The van der Waals surface area contributed by atoms with E-state index in [9.17, 15) is 17.6 Å². The first kappa shape index (κ1) is 29.5. The number of ether oxygens (including phenoxy) is 1. The van der Waals surface area contributed by atoms with Crippen molar-refractivity contribution in [2.45, 2.75) is 57.5 Å². The molecule has 0 unspecified atom stereocenters. The van der Waals surface area contributed by atoms with Crippen LogP contribution in [-0.4, -0.2) is 49.8 Å². The van der Waals surface area contributed by atoms with E-state index < -0.39 is 15.9 Å². The predicted molar refractivity (Wildman–Crippen MR) is 144 cm³/mol. The number of sulfonamides is 1. The molecule has 2 aromatic carbocycles. The summed E-state index contributed by atoms with van der Waals surface area (Å²) in [6.45, 7) is 9.05. The second-order valence-electron chi connectivity index (χ2n) is 10.1. The summed E-state index contributed by atoms with van der Waals surface area (Å²) in [5.74, 6) is -0.206. The summed E-state index contributed by atoms with van der Waals surface area (Å²) in [5.41, 5.74) is 1.61. The maximum absolute atomic E-state index is 13.7. The maximum atomic E-state index is 13.7. The van der Waals surface area contributed by atoms with Crippen LogP contribution in [0, 0.1) is 5.82 Å². The van der Waals surface area contributed by atoms with E-state index in [4.69, 9.17) is 9.15 Å². The summed E-state index contributed by atoms with van der Waals surface area (Å²) in [4.78, 5) is 15.2. The van der Waals surface area contributed by atoms with Gasteiger partial charge in [0, 0.05) is 26.3 Å². The number of furan rings is 1. The highest BCUT2D eigenvalue weighted by Gasteiger charge is 2.29. The van der Waals surface area contributed by atoms with Gasteiger partial charge in [0.2, 0.25) is 15.9 Å². The lowest BCUT2D eigenvalue weighted by Gasteiger charge is -2.27. The first-order chi connectivity index (χ1) is 18.0. The highest BCUT2D eigenvalue weighted by atomic mass is 32.2. The molecule has 1 amide bonds. The Morgan fingerprint density at radius 3 is 2.26 bits per heavy atom. The molecule has 0 fully saturated rings. The van der Waals surface area contributed by atoms with E-state index in [1.54, 1.807) is 36.4 Å². The molecular weight excluding hydrogens is 507 g/mol. The van der Waals surface area contributed by atoms with Gasteiger partial charge in [-0.15, -0.1) is 0 Å². The number of benzene rings is 2. The lowest BCUT2D eigenvalue weighted by molar-refractivity contribution is -0.133. The SMILES string of the molecule is CCOCCCN(CC(=O)N(Cc1ccc(F)cc1)Cc1ccco1)S(=O)(=O)c1ccc(C(C)(C)C)cc1. The van der Waals surface area contributed by atoms with Gasteiger partial charge in [-0.3, -0.25) is 4.79 Å². The van der Waals surface area contributed by atoms with Crippen molar-refractivity contribution in [2.75, 3.05) is 26.3 Å². The predicted octanol–water partition coefficient (Wildman–Crippen LogP) is 5.36. The zero-order valence-electron chi connectivity index (χ0n) is 22.5. The second-order valence-corrected chi connectivity index (χ2v) is 12.1. The van der Waals surface area contributed by atoms with Gasteiger partial charge in [-0.2, -0.15) is 4.31 Å². The van der Waals surface area contributed by atoms with Crippen LogP contribution in [0.2, 0.25) is 0 Å². The molecule has 1 aromatic heterocycles. The molecule has 206 valence electrons. The van der Waals surface area contributed by atoms with Crippen LogP contribution >= 0.6 is 0 Å². The molecule has 0 aliphatic carbocycles. The van der Waals surface area contributed by atoms with Gasteiger partial charge in [0.05, 0.1) is 24.2 Å². The Balaban J connectivity index is 1.86. The molecule has 3 rings (SSSR count). The van der Waals surface area contributed by atoms with Crippen LogP contribution in [0.3, 0.4) is 0 Å². The molecule has 0 saturated carbocycles. The monoisotopic (exact) mass is 544 g/mol. The zero-order valence-corrected chi connectivity index (χ0v) is 23.3. The molecule has 0 N–H and O–H groups in total. The van der Waals surface area contributed by atoms with E-state index in [-0.39, 0.29) is 42.3 Å². The summed E-state index contributed by atoms with van der Waals surface area (Å²) in [6.07, 6.45) is 1.96. The summed E-state index contributed by atoms with van der Waals surface area (Å²) in [6, 6.07) is 16.1. The lowest BCUT2D eigenvalue weighted by atomic mass is 9.87. The number of halogens is 1. The van der Waals surface area contributed by atoms with Crippen LogP contribution in [0.4, 0.5) is 4.39 Å². The van der Waals surface area contributed by atoms with Gasteiger partial charge in [-0.05, 0) is 66.3 Å². The zero-order chi connectivity index (χ0) is 27.8. The maximum Gasteiger partial charge on any atom is 0.243 e. The minimum absolute atomic E-state index is 0.123. The average molecular weight is 545 g/mol. The van der Waals surface area contributed by atoms with Crippen LogP contribution in [0.1, 0.15) is 51.0 Å². The molecule has 0 aliphatic rings. The molecule has 7 nitrogen and oxygen atoms in total. The van der Waals surface area contributed by atoms with Crippen molar-refractivity contribution >= 4 is 15.9 Å². The molecule has 0 radical (unpaired) electrons. The highest BCUT2D eigenvalue weighted by Crippen LogP contribution is 2.25. The van der Waals surface area contributed by atoms with Crippen molar-refractivity contribution in [3.8, 4) is 0 Å². The number of carbonyl (C=O) groups excluding carboxylic acids is 1. The fourth-order valence-electron chi connectivity index (χ4n) is 3.93. The normalized spacial score (nSPS) is 12.2. The van der Waals surface area contributed by atoms with Crippen LogP contribution in [-0.2, 0) is 38.1 Å². The van der Waals surface area contributed by atoms with E-state index in [1.165, 1.54) is 27.6 Å². The number of hydrogen-bond acceptors (Lipinski definition) is 5. The smallest absolute Gasteiger partial charge is 0.243 e. The second kappa shape index (κ2) is 13.2. The molecule has 9 heteroatoms. The quantitative estimate of drug-likeness (QED) is 0.271. The highest BCUT2D eigenvalue weighted by molar-refractivity contribution is 7.89. The number of hydrogen-bond donors (Lipinski definition) is 0. The molecular formula is C29H37FN2O5S. The first-order valence-electron chi connectivity index (χ1n) is 12.7. The number of amides is 1. The average Bonchev–Trinajstić information content (AvgIpc) is 3.39. The van der Waals surface area contributed by atoms with E-state index >= 15 is 0 Å². The van der Waals surface area contributed by atoms with Gasteiger partial charge < -0.3 is 14.1 Å². The van der Waals surface area contributed by atoms with Crippen LogP contribution in [0.5, 0.6) is 0 Å². The molecule has 38 heavy (non-hydrogen) atoms. The molecule has 3 aromatic rings. The molecule has 0 saturated heterocycles. The third-order valence-electron chi connectivity index (χ3n) is 6.14. The van der Waals surface area contributed by atoms with Gasteiger partial charge in [-0.25, -0.2) is 12.8 Å². The van der Waals surface area contributed by atoms with Gasteiger partial charge >= 0.3 is 0 Å². The minimum atomic E-state index is -3.96. The van der Waals surface area contributed by atoms with Gasteiger partial charge in [0.1, 0.15) is 11.6 Å². The Morgan fingerprint density at radius 1 is 1.00 bits per heavy atom. The fraction of sp³-hybridized carbons (Fsp3) is 0.414. The van der Waals surface area contributed by atoms with Crippen molar-refractivity contribution in [1.29, 1.82) is 0 Å². The van der Waals surface area contributed by atoms with Crippen LogP contribution < -0.4 is 0 Å². The lowest BCUT2D eigenvalue weighted by Crippen LogP contribution is -2.43. The third-order valence-corrected chi connectivity index (χ3v) is 8.00. The summed E-state index contributed by atoms with van der Waals surface area (Å²) in [5, 5.41) is 0. The van der Waals surface area contributed by atoms with Crippen molar-refractivity contribution < 1.29 is 26.8 Å². The fourth-order valence-corrected chi connectivity index (χ4v) is 5.36. The van der Waals surface area contributed by atoms with E-state index in [2.05, 4.69) is 20.8 Å². The Kier molecular flexibility index (Phi) is 10.2. The van der Waals surface area contributed by atoms with E-state index in [1.807, 2.05) is 19.1 Å². The minimum Gasteiger partial charge on any atom is -0.467 e. The Labute approximate surface area is 225 Å². The molecule has 0 spiro atoms. The number of carbonyl (C=O) groups is 1. The van der Waals surface area contributed by atoms with Crippen LogP contribution in [0.15, 0.2) is 76.2 Å². The topological polar surface area (TPSA) is 80.1 Å². The van der Waals surface area contributed by atoms with Gasteiger partial charge in [0.15, 0.2) is 0 Å². The molecule has 0 aliphatic heterocycles. The van der Waals surface area contributed by atoms with Gasteiger partial charge in [-0.1, -0.05) is 45.0 Å². The Bertz CT molecular complexity index is 1250.